The number of amides is 1. The summed E-state index contributed by atoms with van der Waals surface area (Å²) >= 11 is 5.88. The number of benzene rings is 2. The van der Waals surface area contributed by atoms with Crippen molar-refractivity contribution in [3.8, 4) is 0 Å². The number of halogens is 1. The Labute approximate surface area is 137 Å². The first-order valence-corrected chi connectivity index (χ1v) is 7.44. The Balaban J connectivity index is 2.02. The van der Waals surface area contributed by atoms with Crippen LogP contribution in [0.1, 0.15) is 21.7 Å². The lowest BCUT2D eigenvalue weighted by Crippen LogP contribution is -2.16. The standard InChI is InChI=1S/C18H14ClNO3/c1-10-4-3-5-11(2)17(10)20-18(22)16-9-14(21)13-8-12(19)6-7-15(13)23-16/h3-9H,1-2H3,(H,20,22). The number of rotatable bonds is 2. The van der Waals surface area contributed by atoms with E-state index in [1.54, 1.807) is 12.1 Å². The number of aryl methyl sites for hydroxylation is 2. The lowest BCUT2D eigenvalue weighted by atomic mass is 10.1. The monoisotopic (exact) mass is 327 g/mol. The van der Waals surface area contributed by atoms with Gasteiger partial charge in [-0.05, 0) is 43.2 Å². The Morgan fingerprint density at radius 3 is 2.48 bits per heavy atom. The lowest BCUT2D eigenvalue weighted by molar-refractivity contribution is 0.0997. The van der Waals surface area contributed by atoms with E-state index in [4.69, 9.17) is 16.0 Å². The average Bonchev–Trinajstić information content (AvgIpc) is 2.51. The van der Waals surface area contributed by atoms with E-state index in [-0.39, 0.29) is 11.2 Å². The normalized spacial score (nSPS) is 10.7. The summed E-state index contributed by atoms with van der Waals surface area (Å²) in [6, 6.07) is 11.6. The number of fused-ring (bicyclic) bond motifs is 1. The minimum atomic E-state index is -0.462. The molecule has 4 nitrogen and oxygen atoms in total. The van der Waals surface area contributed by atoms with Crippen molar-refractivity contribution in [2.75, 3.05) is 5.32 Å². The molecule has 116 valence electrons. The minimum Gasteiger partial charge on any atom is -0.451 e. The summed E-state index contributed by atoms with van der Waals surface area (Å²) < 4.78 is 5.54. The van der Waals surface area contributed by atoms with Gasteiger partial charge >= 0.3 is 0 Å². The molecule has 0 aliphatic rings. The summed E-state index contributed by atoms with van der Waals surface area (Å²) in [5.41, 5.74) is 2.62. The van der Waals surface area contributed by atoms with E-state index in [1.165, 1.54) is 12.1 Å². The molecule has 1 heterocycles. The number of carbonyl (C=O) groups is 1. The Morgan fingerprint density at radius 1 is 1.09 bits per heavy atom. The molecule has 2 aromatic carbocycles. The van der Waals surface area contributed by atoms with Crippen LogP contribution in [0, 0.1) is 13.8 Å². The Hall–Kier alpha value is -2.59. The highest BCUT2D eigenvalue weighted by atomic mass is 35.5. The van der Waals surface area contributed by atoms with Gasteiger partial charge in [-0.3, -0.25) is 9.59 Å². The SMILES string of the molecule is Cc1cccc(C)c1NC(=O)c1cc(=O)c2cc(Cl)ccc2o1. The fraction of sp³-hybridized carbons (Fsp3) is 0.111. The van der Waals surface area contributed by atoms with Crippen molar-refractivity contribution in [2.24, 2.45) is 0 Å². The van der Waals surface area contributed by atoms with Crippen molar-refractivity contribution in [1.82, 2.24) is 0 Å². The van der Waals surface area contributed by atoms with Crippen LogP contribution in [0.5, 0.6) is 0 Å². The van der Waals surface area contributed by atoms with Crippen molar-refractivity contribution >= 4 is 34.2 Å². The van der Waals surface area contributed by atoms with E-state index in [0.717, 1.165) is 16.8 Å². The molecule has 0 unspecified atom stereocenters. The van der Waals surface area contributed by atoms with Gasteiger partial charge in [0, 0.05) is 16.8 Å². The van der Waals surface area contributed by atoms with Crippen LogP contribution in [-0.2, 0) is 0 Å². The van der Waals surface area contributed by atoms with Crippen molar-refractivity contribution in [2.45, 2.75) is 13.8 Å². The van der Waals surface area contributed by atoms with E-state index in [1.807, 2.05) is 32.0 Å². The number of hydrogen-bond acceptors (Lipinski definition) is 3. The Bertz CT molecular complexity index is 955. The van der Waals surface area contributed by atoms with Crippen molar-refractivity contribution in [3.63, 3.8) is 0 Å². The van der Waals surface area contributed by atoms with Crippen molar-refractivity contribution < 1.29 is 9.21 Å². The van der Waals surface area contributed by atoms with Gasteiger partial charge in [0.1, 0.15) is 5.58 Å². The summed E-state index contributed by atoms with van der Waals surface area (Å²) in [7, 11) is 0. The molecule has 3 aromatic rings. The van der Waals surface area contributed by atoms with Gasteiger partial charge in [0.2, 0.25) is 0 Å². The molecule has 0 spiro atoms. The quantitative estimate of drug-likeness (QED) is 0.762. The van der Waals surface area contributed by atoms with Gasteiger partial charge in [0.05, 0.1) is 5.39 Å². The molecule has 1 aromatic heterocycles. The molecule has 23 heavy (non-hydrogen) atoms. The van der Waals surface area contributed by atoms with Gasteiger partial charge in [0.25, 0.3) is 5.91 Å². The number of carbonyl (C=O) groups excluding carboxylic acids is 1. The first-order valence-electron chi connectivity index (χ1n) is 7.06. The highest BCUT2D eigenvalue weighted by Gasteiger charge is 2.14. The summed E-state index contributed by atoms with van der Waals surface area (Å²) in [4.78, 5) is 24.6. The molecule has 0 radical (unpaired) electrons. The van der Waals surface area contributed by atoms with Crippen molar-refractivity contribution in [1.29, 1.82) is 0 Å². The molecule has 0 saturated carbocycles. The molecule has 5 heteroatoms. The molecular weight excluding hydrogens is 314 g/mol. The molecule has 0 atom stereocenters. The van der Waals surface area contributed by atoms with E-state index >= 15 is 0 Å². The van der Waals surface area contributed by atoms with E-state index in [9.17, 15) is 9.59 Å². The number of nitrogens with one attached hydrogen (secondary N) is 1. The summed E-state index contributed by atoms with van der Waals surface area (Å²) in [6.07, 6.45) is 0. The predicted octanol–water partition coefficient (Wildman–Crippen LogP) is 4.32. The molecule has 0 aliphatic carbocycles. The molecule has 3 rings (SSSR count). The molecule has 1 amide bonds. The van der Waals surface area contributed by atoms with Crippen LogP contribution >= 0.6 is 11.6 Å². The number of hydrogen-bond donors (Lipinski definition) is 1. The third kappa shape index (κ3) is 2.98. The number of para-hydroxylation sites is 1. The predicted molar refractivity (Wildman–Crippen MR) is 91.4 cm³/mol. The van der Waals surface area contributed by atoms with Crippen LogP contribution in [0.15, 0.2) is 51.7 Å². The van der Waals surface area contributed by atoms with E-state index in [0.29, 0.717) is 16.0 Å². The molecular formula is C18H14ClNO3. The third-order valence-corrected chi connectivity index (χ3v) is 3.87. The maximum atomic E-state index is 12.4. The van der Waals surface area contributed by atoms with Gasteiger partial charge in [-0.2, -0.15) is 0 Å². The van der Waals surface area contributed by atoms with Crippen molar-refractivity contribution in [3.05, 3.63) is 74.6 Å². The number of anilines is 1. The highest BCUT2D eigenvalue weighted by molar-refractivity contribution is 6.31. The van der Waals surface area contributed by atoms with Gasteiger partial charge in [-0.1, -0.05) is 29.8 Å². The minimum absolute atomic E-state index is 0.0347. The second-order valence-electron chi connectivity index (χ2n) is 5.34. The zero-order chi connectivity index (χ0) is 16.6. The van der Waals surface area contributed by atoms with Crippen LogP contribution in [0.3, 0.4) is 0 Å². The van der Waals surface area contributed by atoms with Crippen LogP contribution in [0.25, 0.3) is 11.0 Å². The van der Waals surface area contributed by atoms with Crippen LogP contribution < -0.4 is 10.7 Å². The van der Waals surface area contributed by atoms with Gasteiger partial charge in [-0.25, -0.2) is 0 Å². The van der Waals surface area contributed by atoms with E-state index in [2.05, 4.69) is 5.32 Å². The molecule has 0 saturated heterocycles. The zero-order valence-corrected chi connectivity index (χ0v) is 13.4. The maximum Gasteiger partial charge on any atom is 0.291 e. The van der Waals surface area contributed by atoms with Crippen LogP contribution in [0.2, 0.25) is 5.02 Å². The third-order valence-electron chi connectivity index (χ3n) is 3.63. The first kappa shape index (κ1) is 15.3. The van der Waals surface area contributed by atoms with E-state index < -0.39 is 5.91 Å². The molecule has 1 N–H and O–H groups in total. The van der Waals surface area contributed by atoms with Crippen LogP contribution in [0.4, 0.5) is 5.69 Å². The molecule has 0 fully saturated rings. The zero-order valence-electron chi connectivity index (χ0n) is 12.6. The molecule has 0 aliphatic heterocycles. The van der Waals surface area contributed by atoms with Crippen LogP contribution in [-0.4, -0.2) is 5.91 Å². The van der Waals surface area contributed by atoms with Gasteiger partial charge in [0.15, 0.2) is 11.2 Å². The average molecular weight is 328 g/mol. The Kier molecular flexibility index (Phi) is 3.92. The lowest BCUT2D eigenvalue weighted by Gasteiger charge is -2.11. The molecule has 0 bridgehead atoms. The second-order valence-corrected chi connectivity index (χ2v) is 5.77. The summed E-state index contributed by atoms with van der Waals surface area (Å²) in [6.45, 7) is 3.81. The highest BCUT2D eigenvalue weighted by Crippen LogP contribution is 2.21. The topological polar surface area (TPSA) is 59.3 Å². The fourth-order valence-corrected chi connectivity index (χ4v) is 2.60. The first-order chi connectivity index (χ1) is 11.0. The largest absolute Gasteiger partial charge is 0.451 e. The smallest absolute Gasteiger partial charge is 0.291 e. The maximum absolute atomic E-state index is 12.4. The summed E-state index contributed by atoms with van der Waals surface area (Å²) in [5.74, 6) is -0.496. The Morgan fingerprint density at radius 2 is 1.78 bits per heavy atom. The summed E-state index contributed by atoms with van der Waals surface area (Å²) in [5, 5.41) is 3.59. The fourth-order valence-electron chi connectivity index (χ4n) is 2.43. The van der Waals surface area contributed by atoms with Gasteiger partial charge < -0.3 is 9.73 Å². The second kappa shape index (κ2) is 5.89. The van der Waals surface area contributed by atoms with Gasteiger partial charge in [-0.15, -0.1) is 0 Å².